The number of hydrogen-bond acceptors (Lipinski definition) is 6. The number of Topliss-reactive ketones (excluding diaryl/α,β-unsaturated/α-hetero) is 2. The molecule has 0 saturated heterocycles. The van der Waals surface area contributed by atoms with Gasteiger partial charge in [-0.3, -0.25) is 9.59 Å². The van der Waals surface area contributed by atoms with Gasteiger partial charge in [0.1, 0.15) is 7.05 Å². The molecule has 0 radical (unpaired) electrons. The molecule has 0 atom stereocenters. The van der Waals surface area contributed by atoms with Gasteiger partial charge in [0, 0.05) is 59.5 Å². The molecule has 4 aromatic carbocycles. The number of rotatable bonds is 15. The molecule has 0 amide bonds. The zero-order valence-corrected chi connectivity index (χ0v) is 40.0. The van der Waals surface area contributed by atoms with Crippen LogP contribution < -0.4 is 56.3 Å². The Morgan fingerprint density at radius 3 is 2.19 bits per heavy atom. The zero-order chi connectivity index (χ0) is 42.2. The fourth-order valence-electron chi connectivity index (χ4n) is 8.37. The molecular formula is C50H56KN2O5S+. The van der Waals surface area contributed by atoms with Gasteiger partial charge in [-0.1, -0.05) is 88.7 Å². The van der Waals surface area contributed by atoms with Crippen molar-refractivity contribution < 1.29 is 78.2 Å². The molecule has 0 aliphatic carbocycles. The van der Waals surface area contributed by atoms with Gasteiger partial charge in [-0.05, 0) is 80.5 Å². The third-order valence-corrected chi connectivity index (χ3v) is 11.5. The van der Waals surface area contributed by atoms with Crippen molar-refractivity contribution >= 4 is 55.6 Å². The van der Waals surface area contributed by atoms with Crippen LogP contribution in [0.15, 0.2) is 121 Å². The second-order valence-corrected chi connectivity index (χ2v) is 16.7. The third kappa shape index (κ3) is 11.1. The van der Waals surface area contributed by atoms with Gasteiger partial charge in [0.25, 0.3) is 0 Å². The number of fused-ring (bicyclic) bond motifs is 4. The van der Waals surface area contributed by atoms with Crippen molar-refractivity contribution in [1.29, 1.82) is 0 Å². The molecule has 0 bridgehead atoms. The normalized spacial score (nSPS) is 15.7. The number of unbranched alkanes of at least 4 members (excludes halogenated alkanes) is 3. The Kier molecular flexibility index (Phi) is 17.1. The minimum atomic E-state index is -3.11. The van der Waals surface area contributed by atoms with Crippen molar-refractivity contribution in [2.45, 2.75) is 97.3 Å². The minimum Gasteiger partial charge on any atom is -0.344 e. The number of ketones is 2. The maximum atomic E-state index is 13.2. The first kappa shape index (κ1) is 47.8. The summed E-state index contributed by atoms with van der Waals surface area (Å²) in [5.41, 5.74) is 10.8. The van der Waals surface area contributed by atoms with Gasteiger partial charge in [0.05, 0.1) is 5.41 Å². The molecule has 0 N–H and O–H groups in total. The van der Waals surface area contributed by atoms with E-state index >= 15 is 0 Å². The predicted molar refractivity (Wildman–Crippen MR) is 237 cm³/mol. The molecule has 0 saturated carbocycles. The van der Waals surface area contributed by atoms with E-state index in [1.165, 1.54) is 44.7 Å². The van der Waals surface area contributed by atoms with Crippen molar-refractivity contribution in [2.75, 3.05) is 18.5 Å². The van der Waals surface area contributed by atoms with Crippen LogP contribution in [0.2, 0.25) is 0 Å². The van der Waals surface area contributed by atoms with E-state index in [1.54, 1.807) is 6.92 Å². The molecule has 302 valence electrons. The molecule has 0 fully saturated rings. The van der Waals surface area contributed by atoms with Gasteiger partial charge in [-0.15, -0.1) is 29.5 Å². The van der Waals surface area contributed by atoms with Crippen LogP contribution in [0.4, 0.5) is 11.4 Å². The first-order valence-corrected chi connectivity index (χ1v) is 21.2. The van der Waals surface area contributed by atoms with Crippen LogP contribution in [0.25, 0.3) is 16.3 Å². The van der Waals surface area contributed by atoms with Crippen LogP contribution in [0.3, 0.4) is 0 Å². The summed E-state index contributed by atoms with van der Waals surface area (Å²) in [6, 6.07) is 30.9. The fraction of sp³-hybridized carbons (Fsp3) is 0.340. The predicted octanol–water partition coefficient (Wildman–Crippen LogP) is 8.05. The molecule has 59 heavy (non-hydrogen) atoms. The number of allylic oxidation sites excluding steroid dienone is 7. The molecule has 9 heteroatoms. The molecule has 2 aliphatic rings. The number of carbonyl (C=O) groups excluding carboxylic acids is 2. The number of carbonyl (C=O) groups is 2. The molecule has 6 rings (SSSR count). The van der Waals surface area contributed by atoms with E-state index < -0.39 is 10.6 Å². The summed E-state index contributed by atoms with van der Waals surface area (Å²) in [6.07, 6.45) is 14.7. The smallest absolute Gasteiger partial charge is 0.344 e. The second-order valence-electron chi connectivity index (χ2n) is 16.3. The summed E-state index contributed by atoms with van der Waals surface area (Å²) in [7, 11) is -0.955. The average Bonchev–Trinajstić information content (AvgIpc) is 3.53. The Bertz CT molecular complexity index is 2450. The van der Waals surface area contributed by atoms with E-state index in [0.29, 0.717) is 18.4 Å². The molecule has 7 nitrogen and oxygen atoms in total. The summed E-state index contributed by atoms with van der Waals surface area (Å²) in [5.74, 6) is 0.249. The number of benzene rings is 4. The van der Waals surface area contributed by atoms with Gasteiger partial charge in [0.2, 0.25) is 5.69 Å². The molecular weight excluding hydrogens is 780 g/mol. The summed E-state index contributed by atoms with van der Waals surface area (Å²) in [5, 5.41) is 2.50. The average molecular weight is 836 g/mol. The van der Waals surface area contributed by atoms with Crippen LogP contribution in [-0.2, 0) is 26.2 Å². The molecule has 2 heterocycles. The van der Waals surface area contributed by atoms with Gasteiger partial charge in [-0.2, -0.15) is 28.8 Å². The van der Waals surface area contributed by atoms with Crippen molar-refractivity contribution in [2.24, 2.45) is 0 Å². The number of para-hydroxylation sites is 1. The maximum Gasteiger partial charge on any atom is 1.00 e. The van der Waals surface area contributed by atoms with E-state index in [1.807, 2.05) is 18.2 Å². The first-order valence-electron chi connectivity index (χ1n) is 20.2. The van der Waals surface area contributed by atoms with E-state index in [2.05, 4.69) is 149 Å². The summed E-state index contributed by atoms with van der Waals surface area (Å²) < 4.78 is 27.6. The van der Waals surface area contributed by atoms with Crippen molar-refractivity contribution in [3.05, 3.63) is 149 Å². The molecule has 2 aliphatic heterocycles. The third-order valence-electron chi connectivity index (χ3n) is 11.5. The van der Waals surface area contributed by atoms with Gasteiger partial charge < -0.3 is 4.90 Å². The van der Waals surface area contributed by atoms with E-state index in [4.69, 9.17) is 12.6 Å². The van der Waals surface area contributed by atoms with Gasteiger partial charge in [0.15, 0.2) is 17.3 Å². The van der Waals surface area contributed by atoms with E-state index in [-0.39, 0.29) is 73.8 Å². The van der Waals surface area contributed by atoms with Crippen LogP contribution in [0, 0.1) is 6.07 Å². The zero-order valence-electron chi connectivity index (χ0n) is 36.0. The second kappa shape index (κ2) is 21.1. The molecule has 0 spiro atoms. The Hall–Kier alpha value is -3.83. The topological polar surface area (TPSA) is 91.6 Å². The van der Waals surface area contributed by atoms with Crippen LogP contribution in [0.1, 0.15) is 114 Å². The standard InChI is InChI=1S/C50H56N2O2.K.O3S/c1-9-10-34-52-43-31-28-38-18-14-15-19-40(38)48(43)50(6,7)47(52)33-30-37(29-32-46-49(4,5)41-20-16-17-21-42(41)51(46)8)36-24-26-39(27-25-36)45(54)23-13-11-12-22-44(53)35(2)3;;1-4(2)3/h15-21,24-33H,2,9-13,22-23,34H2,1,3-8H3;;/q;+1;. The van der Waals surface area contributed by atoms with Crippen molar-refractivity contribution in [1.82, 2.24) is 0 Å². The Labute approximate surface area is 395 Å². The molecule has 0 aromatic heterocycles. The Balaban J connectivity index is 0.00000147. The van der Waals surface area contributed by atoms with Crippen LogP contribution >= 0.6 is 0 Å². The van der Waals surface area contributed by atoms with E-state index in [9.17, 15) is 9.59 Å². The van der Waals surface area contributed by atoms with Gasteiger partial charge in [-0.25, -0.2) is 0 Å². The maximum absolute atomic E-state index is 13.2. The first-order chi connectivity index (χ1) is 27.6. The monoisotopic (exact) mass is 835 g/mol. The van der Waals surface area contributed by atoms with Crippen LogP contribution in [-0.4, -0.2) is 48.1 Å². The summed E-state index contributed by atoms with van der Waals surface area (Å²) in [4.78, 5) is 27.6. The Morgan fingerprint density at radius 1 is 0.864 bits per heavy atom. The quantitative estimate of drug-likeness (QED) is 0.0229. The molecule has 4 aromatic rings. The summed E-state index contributed by atoms with van der Waals surface area (Å²) in [6.45, 7) is 18.0. The van der Waals surface area contributed by atoms with Crippen molar-refractivity contribution in [3.8, 4) is 0 Å². The molecule has 0 unspecified atom stereocenters. The fourth-order valence-corrected chi connectivity index (χ4v) is 8.37. The SMILES string of the molecule is C=C(C)C(=O)CCCCCC(=O)c1ccc(C(C=CC2=[N+](C)c3ccccc3C2(C)C)=CC=C2N(CCCC)c3ccc4c[c-]ccc4c3C2(C)C)cc1.O=S(=O)=O.[K+]. The Morgan fingerprint density at radius 2 is 1.53 bits per heavy atom. The number of hydrogen-bond donors (Lipinski definition) is 0. The minimum absolute atomic E-state index is 0. The van der Waals surface area contributed by atoms with Crippen molar-refractivity contribution in [3.63, 3.8) is 0 Å². The van der Waals surface area contributed by atoms with Crippen LogP contribution in [0.5, 0.6) is 0 Å². The number of anilines is 1. The van der Waals surface area contributed by atoms with E-state index in [0.717, 1.165) is 55.3 Å². The number of nitrogens with zero attached hydrogens (tertiary/aromatic N) is 2. The largest absolute Gasteiger partial charge is 1.00 e. The summed E-state index contributed by atoms with van der Waals surface area (Å²) >= 11 is 0. The van der Waals surface area contributed by atoms with Gasteiger partial charge >= 0.3 is 62.0 Å².